The smallest absolute Gasteiger partial charge is 0.309 e. The summed E-state index contributed by atoms with van der Waals surface area (Å²) >= 11 is 0. The monoisotopic (exact) mass is 251 g/mol. The van der Waals surface area contributed by atoms with Crippen LogP contribution in [0.5, 0.6) is 5.75 Å². The molecule has 0 spiro atoms. The van der Waals surface area contributed by atoms with Crippen molar-refractivity contribution < 1.29 is 14.3 Å². The molecule has 4 heteroatoms. The fraction of sp³-hybridized carbons (Fsp3) is 0.500. The number of hydrogen-bond acceptors (Lipinski definition) is 4. The zero-order chi connectivity index (χ0) is 13.5. The molecule has 0 amide bonds. The molecule has 1 rings (SSSR count). The van der Waals surface area contributed by atoms with E-state index in [1.54, 1.807) is 7.11 Å². The van der Waals surface area contributed by atoms with Crippen molar-refractivity contribution in [3.05, 3.63) is 29.8 Å². The molecule has 0 aliphatic rings. The van der Waals surface area contributed by atoms with E-state index in [0.717, 1.165) is 11.3 Å². The molecule has 2 atom stereocenters. The first kappa shape index (κ1) is 14.5. The largest absolute Gasteiger partial charge is 0.497 e. The van der Waals surface area contributed by atoms with Crippen molar-refractivity contribution in [1.29, 1.82) is 0 Å². The Bertz CT molecular complexity index is 375. The van der Waals surface area contributed by atoms with Crippen molar-refractivity contribution >= 4 is 5.97 Å². The van der Waals surface area contributed by atoms with Crippen molar-refractivity contribution in [2.24, 2.45) is 5.92 Å². The van der Waals surface area contributed by atoms with Crippen molar-refractivity contribution in [2.75, 3.05) is 20.8 Å². The van der Waals surface area contributed by atoms with Gasteiger partial charge in [0.05, 0.1) is 20.1 Å². The normalized spacial score (nSPS) is 13.8. The van der Waals surface area contributed by atoms with Crippen LogP contribution in [0.2, 0.25) is 0 Å². The minimum Gasteiger partial charge on any atom is -0.497 e. The van der Waals surface area contributed by atoms with Gasteiger partial charge in [-0.3, -0.25) is 4.79 Å². The van der Waals surface area contributed by atoms with Crippen molar-refractivity contribution in [1.82, 2.24) is 5.32 Å². The lowest BCUT2D eigenvalue weighted by Crippen LogP contribution is -2.29. The standard InChI is InChI=1S/C14H21NO3/c1-10(14(16)18-4)9-15-11(2)12-5-7-13(17-3)8-6-12/h5-8,10-11,15H,9H2,1-4H3/t10?,11-/m0/s1. The Hall–Kier alpha value is -1.55. The van der Waals surface area contributed by atoms with Gasteiger partial charge in [-0.15, -0.1) is 0 Å². The van der Waals surface area contributed by atoms with Crippen molar-refractivity contribution in [2.45, 2.75) is 19.9 Å². The lowest BCUT2D eigenvalue weighted by atomic mass is 10.1. The molecule has 1 aromatic rings. The number of methoxy groups -OCH3 is 2. The molecule has 0 saturated carbocycles. The maximum atomic E-state index is 11.3. The highest BCUT2D eigenvalue weighted by molar-refractivity contribution is 5.72. The van der Waals surface area contributed by atoms with E-state index in [1.807, 2.05) is 31.2 Å². The van der Waals surface area contributed by atoms with E-state index in [1.165, 1.54) is 7.11 Å². The summed E-state index contributed by atoms with van der Waals surface area (Å²) in [6.07, 6.45) is 0. The topological polar surface area (TPSA) is 47.6 Å². The Morgan fingerprint density at radius 1 is 1.22 bits per heavy atom. The molecule has 0 radical (unpaired) electrons. The van der Waals surface area contributed by atoms with Gasteiger partial charge in [0.15, 0.2) is 0 Å². The van der Waals surface area contributed by atoms with Gasteiger partial charge in [0, 0.05) is 12.6 Å². The van der Waals surface area contributed by atoms with E-state index in [4.69, 9.17) is 4.74 Å². The number of carbonyl (C=O) groups is 1. The number of ether oxygens (including phenoxy) is 2. The number of rotatable bonds is 6. The molecular formula is C14H21NO3. The maximum absolute atomic E-state index is 11.3. The zero-order valence-electron chi connectivity index (χ0n) is 11.4. The van der Waals surface area contributed by atoms with E-state index in [0.29, 0.717) is 6.54 Å². The molecule has 18 heavy (non-hydrogen) atoms. The van der Waals surface area contributed by atoms with Gasteiger partial charge in [0.25, 0.3) is 0 Å². The summed E-state index contributed by atoms with van der Waals surface area (Å²) in [6.45, 7) is 4.51. The molecule has 1 unspecified atom stereocenters. The molecule has 0 aromatic heterocycles. The fourth-order valence-electron chi connectivity index (χ4n) is 1.65. The molecule has 0 aliphatic carbocycles. The van der Waals surface area contributed by atoms with Crippen molar-refractivity contribution in [3.63, 3.8) is 0 Å². The third-order valence-corrected chi connectivity index (χ3v) is 2.95. The van der Waals surface area contributed by atoms with Gasteiger partial charge in [0.2, 0.25) is 0 Å². The number of benzene rings is 1. The van der Waals surface area contributed by atoms with E-state index in [2.05, 4.69) is 17.0 Å². The van der Waals surface area contributed by atoms with E-state index in [-0.39, 0.29) is 17.9 Å². The summed E-state index contributed by atoms with van der Waals surface area (Å²) in [5.41, 5.74) is 1.16. The third-order valence-electron chi connectivity index (χ3n) is 2.95. The fourth-order valence-corrected chi connectivity index (χ4v) is 1.65. The van der Waals surface area contributed by atoms with Crippen LogP contribution < -0.4 is 10.1 Å². The lowest BCUT2D eigenvalue weighted by molar-refractivity contribution is -0.144. The van der Waals surface area contributed by atoms with Gasteiger partial charge < -0.3 is 14.8 Å². The minimum atomic E-state index is -0.190. The van der Waals surface area contributed by atoms with Crippen LogP contribution in [0.1, 0.15) is 25.5 Å². The van der Waals surface area contributed by atoms with E-state index >= 15 is 0 Å². The summed E-state index contributed by atoms with van der Waals surface area (Å²) in [5.74, 6) is 0.508. The molecule has 0 saturated heterocycles. The summed E-state index contributed by atoms with van der Waals surface area (Å²) in [4.78, 5) is 11.3. The molecule has 0 heterocycles. The molecule has 100 valence electrons. The van der Waals surface area contributed by atoms with Gasteiger partial charge in [-0.25, -0.2) is 0 Å². The second kappa shape index (κ2) is 7.01. The average molecular weight is 251 g/mol. The molecule has 1 N–H and O–H groups in total. The Morgan fingerprint density at radius 3 is 2.33 bits per heavy atom. The highest BCUT2D eigenvalue weighted by atomic mass is 16.5. The summed E-state index contributed by atoms with van der Waals surface area (Å²) in [5, 5.41) is 3.31. The number of hydrogen-bond donors (Lipinski definition) is 1. The predicted molar refractivity (Wildman–Crippen MR) is 70.6 cm³/mol. The molecular weight excluding hydrogens is 230 g/mol. The molecule has 1 aromatic carbocycles. The second-order valence-corrected chi connectivity index (χ2v) is 4.33. The lowest BCUT2D eigenvalue weighted by Gasteiger charge is -2.17. The quantitative estimate of drug-likeness (QED) is 0.787. The molecule has 4 nitrogen and oxygen atoms in total. The highest BCUT2D eigenvalue weighted by Crippen LogP contribution is 2.17. The molecule has 0 bridgehead atoms. The van der Waals surface area contributed by atoms with E-state index < -0.39 is 0 Å². The van der Waals surface area contributed by atoms with Crippen LogP contribution in [0.3, 0.4) is 0 Å². The zero-order valence-corrected chi connectivity index (χ0v) is 11.4. The van der Waals surface area contributed by atoms with Gasteiger partial charge in [-0.2, -0.15) is 0 Å². The Labute approximate surface area is 108 Å². The SMILES string of the molecule is COC(=O)C(C)CN[C@@H](C)c1ccc(OC)cc1. The Morgan fingerprint density at radius 2 is 1.83 bits per heavy atom. The van der Waals surface area contributed by atoms with Gasteiger partial charge in [-0.1, -0.05) is 19.1 Å². The molecule has 0 aliphatic heterocycles. The summed E-state index contributed by atoms with van der Waals surface area (Å²) in [6, 6.07) is 8.07. The van der Waals surface area contributed by atoms with Crippen LogP contribution in [0, 0.1) is 5.92 Å². The van der Waals surface area contributed by atoms with Crippen LogP contribution in [0.15, 0.2) is 24.3 Å². The van der Waals surface area contributed by atoms with Crippen LogP contribution in [-0.2, 0) is 9.53 Å². The number of esters is 1. The maximum Gasteiger partial charge on any atom is 0.309 e. The van der Waals surface area contributed by atoms with Gasteiger partial charge in [-0.05, 0) is 24.6 Å². The third kappa shape index (κ3) is 4.04. The van der Waals surface area contributed by atoms with Crippen LogP contribution in [-0.4, -0.2) is 26.7 Å². The predicted octanol–water partition coefficient (Wildman–Crippen LogP) is 2.15. The first-order valence-corrected chi connectivity index (χ1v) is 6.03. The van der Waals surface area contributed by atoms with Gasteiger partial charge in [0.1, 0.15) is 5.75 Å². The Kier molecular flexibility index (Phi) is 5.65. The van der Waals surface area contributed by atoms with Crippen LogP contribution in [0.4, 0.5) is 0 Å². The number of nitrogens with one attached hydrogen (secondary N) is 1. The first-order chi connectivity index (χ1) is 8.58. The van der Waals surface area contributed by atoms with Gasteiger partial charge >= 0.3 is 5.97 Å². The Balaban J connectivity index is 2.49. The van der Waals surface area contributed by atoms with Crippen LogP contribution >= 0.6 is 0 Å². The molecule has 0 fully saturated rings. The highest BCUT2D eigenvalue weighted by Gasteiger charge is 2.14. The first-order valence-electron chi connectivity index (χ1n) is 6.03. The number of carbonyl (C=O) groups excluding carboxylic acids is 1. The average Bonchev–Trinajstić information content (AvgIpc) is 2.43. The second-order valence-electron chi connectivity index (χ2n) is 4.33. The van der Waals surface area contributed by atoms with Crippen molar-refractivity contribution in [3.8, 4) is 5.75 Å². The van der Waals surface area contributed by atoms with Crippen LogP contribution in [0.25, 0.3) is 0 Å². The summed E-state index contributed by atoms with van der Waals surface area (Å²) < 4.78 is 9.80. The summed E-state index contributed by atoms with van der Waals surface area (Å²) in [7, 11) is 3.06. The minimum absolute atomic E-state index is 0.143. The van der Waals surface area contributed by atoms with E-state index in [9.17, 15) is 4.79 Å².